The monoisotopic (exact) mass is 561 g/mol. The molecule has 1 N–H and O–H groups in total. The zero-order valence-corrected chi connectivity index (χ0v) is 20.2. The fraction of sp³-hybridized carbons (Fsp3) is 0.208. The molecule has 0 radical (unpaired) electrons. The molecule has 0 fully saturated rings. The van der Waals surface area contributed by atoms with E-state index in [0.717, 1.165) is 34.6 Å². The molecule has 3 aromatic rings. The molecule has 13 heteroatoms. The zero-order chi connectivity index (χ0) is 27.1. The van der Waals surface area contributed by atoms with Crippen LogP contribution in [-0.2, 0) is 21.0 Å². The number of anilines is 1. The van der Waals surface area contributed by atoms with Crippen LogP contribution in [0, 0.1) is 11.6 Å². The van der Waals surface area contributed by atoms with Gasteiger partial charge in [-0.2, -0.15) is 13.2 Å². The highest BCUT2D eigenvalue weighted by Gasteiger charge is 2.37. The zero-order valence-electron chi connectivity index (χ0n) is 18.6. The van der Waals surface area contributed by atoms with Gasteiger partial charge >= 0.3 is 12.1 Å². The van der Waals surface area contributed by atoms with E-state index < -0.39 is 56.9 Å². The number of ether oxygens (including phenoxy) is 1. The van der Waals surface area contributed by atoms with Crippen LogP contribution in [0.1, 0.15) is 18.4 Å². The second kappa shape index (κ2) is 9.82. The van der Waals surface area contributed by atoms with Gasteiger partial charge in [0.25, 0.3) is 10.0 Å². The summed E-state index contributed by atoms with van der Waals surface area (Å²) in [6.45, 7) is -0.436. The lowest BCUT2D eigenvalue weighted by atomic mass is 10.0. The van der Waals surface area contributed by atoms with Crippen molar-refractivity contribution in [2.24, 2.45) is 0 Å². The third kappa shape index (κ3) is 5.49. The second-order valence-corrected chi connectivity index (χ2v) is 10.5. The van der Waals surface area contributed by atoms with Crippen LogP contribution in [0.2, 0.25) is 5.02 Å². The summed E-state index contributed by atoms with van der Waals surface area (Å²) in [5.41, 5.74) is -1.59. The summed E-state index contributed by atoms with van der Waals surface area (Å²) in [5.74, 6) is -3.68. The van der Waals surface area contributed by atoms with Gasteiger partial charge in [-0.25, -0.2) is 17.2 Å². The van der Waals surface area contributed by atoms with Crippen molar-refractivity contribution in [2.45, 2.75) is 30.0 Å². The van der Waals surface area contributed by atoms with Crippen LogP contribution in [0.3, 0.4) is 0 Å². The third-order valence-corrected chi connectivity index (χ3v) is 7.62. The third-order valence-electron chi connectivity index (χ3n) is 5.62. The van der Waals surface area contributed by atoms with E-state index in [-0.39, 0.29) is 40.4 Å². The van der Waals surface area contributed by atoms with Crippen LogP contribution in [0.25, 0.3) is 11.1 Å². The molecular formula is C24H17ClF5NO5S. The van der Waals surface area contributed by atoms with Crippen molar-refractivity contribution in [1.82, 2.24) is 0 Å². The smallest absolute Gasteiger partial charge is 0.416 e. The number of nitrogens with zero attached hydrogens (tertiary/aromatic N) is 1. The lowest BCUT2D eigenvalue weighted by Crippen LogP contribution is -2.43. The summed E-state index contributed by atoms with van der Waals surface area (Å²) < 4.78 is 102. The Labute approximate surface area is 212 Å². The highest BCUT2D eigenvalue weighted by molar-refractivity contribution is 7.92. The number of fused-ring (bicyclic) bond motifs is 1. The molecule has 1 heterocycles. The van der Waals surface area contributed by atoms with Gasteiger partial charge in [0.15, 0.2) is 11.6 Å². The number of alkyl halides is 3. The quantitative estimate of drug-likeness (QED) is 0.289. The Morgan fingerprint density at radius 1 is 1.11 bits per heavy atom. The highest BCUT2D eigenvalue weighted by Crippen LogP contribution is 2.42. The summed E-state index contributed by atoms with van der Waals surface area (Å²) in [7, 11) is -4.64. The number of aliphatic carboxylic acids is 1. The van der Waals surface area contributed by atoms with Crippen LogP contribution < -0.4 is 9.04 Å². The number of halogens is 6. The molecule has 37 heavy (non-hydrogen) atoms. The van der Waals surface area contributed by atoms with Crippen LogP contribution in [0.15, 0.2) is 59.5 Å². The largest absolute Gasteiger partial charge is 0.486 e. The highest BCUT2D eigenvalue weighted by atomic mass is 35.5. The van der Waals surface area contributed by atoms with Gasteiger partial charge in [-0.3, -0.25) is 9.10 Å². The number of rotatable bonds is 6. The van der Waals surface area contributed by atoms with E-state index in [1.54, 1.807) is 0 Å². The molecule has 0 saturated heterocycles. The van der Waals surface area contributed by atoms with Crippen molar-refractivity contribution in [3.05, 3.63) is 76.8 Å². The molecular weight excluding hydrogens is 545 g/mol. The SMILES string of the molecule is O=C(O)CCC1CN(S(=O)(=O)c2cccc(C(F)(F)F)c2)c2cc(-c3cc(Cl)cc(F)c3F)ccc2O1. The number of sulfonamides is 1. The molecule has 1 aliphatic heterocycles. The average molecular weight is 562 g/mol. The summed E-state index contributed by atoms with van der Waals surface area (Å²) >= 11 is 5.85. The first-order chi connectivity index (χ1) is 17.3. The molecule has 0 spiro atoms. The molecule has 0 aromatic heterocycles. The summed E-state index contributed by atoms with van der Waals surface area (Å²) in [5, 5.41) is 8.89. The maximum absolute atomic E-state index is 14.5. The van der Waals surface area contributed by atoms with Crippen LogP contribution in [0.5, 0.6) is 5.75 Å². The maximum Gasteiger partial charge on any atom is 0.416 e. The number of carbonyl (C=O) groups is 1. The van der Waals surface area contributed by atoms with Crippen LogP contribution in [0.4, 0.5) is 27.6 Å². The molecule has 0 bridgehead atoms. The average Bonchev–Trinajstić information content (AvgIpc) is 2.83. The van der Waals surface area contributed by atoms with E-state index in [2.05, 4.69) is 0 Å². The van der Waals surface area contributed by atoms with Gasteiger partial charge in [0.2, 0.25) is 0 Å². The lowest BCUT2D eigenvalue weighted by molar-refractivity contribution is -0.138. The minimum Gasteiger partial charge on any atom is -0.486 e. The van der Waals surface area contributed by atoms with Crippen molar-refractivity contribution in [3.63, 3.8) is 0 Å². The van der Waals surface area contributed by atoms with Crippen molar-refractivity contribution >= 4 is 33.3 Å². The Kier molecular flexibility index (Phi) is 7.08. The van der Waals surface area contributed by atoms with Gasteiger partial charge in [-0.1, -0.05) is 23.7 Å². The van der Waals surface area contributed by atoms with Gasteiger partial charge in [-0.05, 0) is 54.4 Å². The maximum atomic E-state index is 14.5. The number of hydrogen-bond acceptors (Lipinski definition) is 4. The van der Waals surface area contributed by atoms with Gasteiger partial charge in [-0.15, -0.1) is 0 Å². The molecule has 1 unspecified atom stereocenters. The van der Waals surface area contributed by atoms with Gasteiger partial charge in [0.05, 0.1) is 22.7 Å². The number of carboxylic acid groups (broad SMARTS) is 1. The number of hydrogen-bond donors (Lipinski definition) is 1. The fourth-order valence-corrected chi connectivity index (χ4v) is 5.62. The summed E-state index contributed by atoms with van der Waals surface area (Å²) in [4.78, 5) is 10.4. The molecule has 1 atom stereocenters. The molecule has 0 aliphatic carbocycles. The Hall–Kier alpha value is -3.38. The van der Waals surface area contributed by atoms with Crippen LogP contribution >= 0.6 is 11.6 Å². The van der Waals surface area contributed by atoms with E-state index in [1.165, 1.54) is 18.2 Å². The Morgan fingerprint density at radius 3 is 2.51 bits per heavy atom. The Bertz CT molecular complexity index is 1480. The molecule has 0 amide bonds. The van der Waals surface area contributed by atoms with Crippen LogP contribution in [-0.4, -0.2) is 32.1 Å². The van der Waals surface area contributed by atoms with Crippen molar-refractivity contribution in [2.75, 3.05) is 10.8 Å². The predicted octanol–water partition coefficient (Wildman–Crippen LogP) is 6.13. The number of benzene rings is 3. The Morgan fingerprint density at radius 2 is 1.84 bits per heavy atom. The topological polar surface area (TPSA) is 83.9 Å². The van der Waals surface area contributed by atoms with E-state index in [1.807, 2.05) is 0 Å². The minimum absolute atomic E-state index is 0.0227. The van der Waals surface area contributed by atoms with Crippen molar-refractivity contribution in [3.8, 4) is 16.9 Å². The van der Waals surface area contributed by atoms with Gasteiger partial charge in [0, 0.05) is 17.0 Å². The summed E-state index contributed by atoms with van der Waals surface area (Å²) in [6, 6.07) is 8.81. The van der Waals surface area contributed by atoms with Gasteiger partial charge < -0.3 is 9.84 Å². The molecule has 1 aliphatic rings. The first-order valence-corrected chi connectivity index (χ1v) is 12.5. The minimum atomic E-state index is -4.81. The molecule has 196 valence electrons. The van der Waals surface area contributed by atoms with E-state index in [9.17, 15) is 35.2 Å². The number of carboxylic acids is 1. The van der Waals surface area contributed by atoms with Crippen molar-refractivity contribution in [1.29, 1.82) is 0 Å². The molecule has 4 rings (SSSR count). The standard InChI is InChI=1S/C24H17ClF5NO5S/c25-15-10-18(23(27)19(26)11-15)13-4-6-21-20(8-13)31(12-16(36-21)5-7-22(32)33)37(34,35)17-3-1-2-14(9-17)24(28,29)30/h1-4,6,8-11,16H,5,7,12H2,(H,32,33). The predicted molar refractivity (Wildman–Crippen MR) is 124 cm³/mol. The van der Waals surface area contributed by atoms with Crippen molar-refractivity contribution < 1.29 is 45.0 Å². The second-order valence-electron chi connectivity index (χ2n) is 8.17. The molecule has 0 saturated carbocycles. The molecule has 3 aromatic carbocycles. The fourth-order valence-electron chi connectivity index (χ4n) is 3.87. The molecule has 6 nitrogen and oxygen atoms in total. The first kappa shape index (κ1) is 26.7. The Balaban J connectivity index is 1.85. The van der Waals surface area contributed by atoms with E-state index >= 15 is 0 Å². The summed E-state index contributed by atoms with van der Waals surface area (Å²) in [6.07, 6.45) is -6.21. The lowest BCUT2D eigenvalue weighted by Gasteiger charge is -2.36. The normalized spacial score (nSPS) is 15.7. The van der Waals surface area contributed by atoms with E-state index in [0.29, 0.717) is 6.07 Å². The first-order valence-electron chi connectivity index (χ1n) is 10.6. The van der Waals surface area contributed by atoms with Gasteiger partial charge in [0.1, 0.15) is 11.9 Å². The van der Waals surface area contributed by atoms with E-state index in [4.69, 9.17) is 21.4 Å².